The highest BCUT2D eigenvalue weighted by atomic mass is 35.5. The second-order valence-electron chi connectivity index (χ2n) is 4.03. The summed E-state index contributed by atoms with van der Waals surface area (Å²) in [5.41, 5.74) is 5.79. The quantitative estimate of drug-likeness (QED) is 0.627. The van der Waals surface area contributed by atoms with Gasteiger partial charge in [0.2, 0.25) is 5.91 Å². The smallest absolute Gasteiger partial charge is 0.253 e. The Morgan fingerprint density at radius 1 is 1.24 bits per heavy atom. The summed E-state index contributed by atoms with van der Waals surface area (Å²) < 4.78 is 0. The van der Waals surface area contributed by atoms with Crippen LogP contribution in [0.1, 0.15) is 17.9 Å². The van der Waals surface area contributed by atoms with E-state index in [-0.39, 0.29) is 23.6 Å². The Balaban J connectivity index is 1.83. The molecule has 5 heteroatoms. The molecule has 0 bridgehead atoms. The van der Waals surface area contributed by atoms with Gasteiger partial charge in [0.25, 0.3) is 5.91 Å². The van der Waals surface area contributed by atoms with Crippen LogP contribution in [-0.4, -0.2) is 17.7 Å². The minimum absolute atomic E-state index is 0.0481. The average molecular weight is 253 g/mol. The van der Waals surface area contributed by atoms with Gasteiger partial charge in [-0.2, -0.15) is 0 Å². The highest BCUT2D eigenvalue weighted by Crippen LogP contribution is 2.47. The first-order chi connectivity index (χ1) is 8.22. The third-order valence-electron chi connectivity index (χ3n) is 2.80. The number of alkyl halides is 1. The van der Waals surface area contributed by atoms with Gasteiger partial charge in [-0.15, -0.1) is 11.6 Å². The van der Waals surface area contributed by atoms with Crippen molar-refractivity contribution < 1.29 is 9.59 Å². The van der Waals surface area contributed by atoms with Crippen LogP contribution in [0.4, 0.5) is 0 Å². The van der Waals surface area contributed by atoms with Crippen molar-refractivity contribution in [1.82, 2.24) is 10.9 Å². The Hall–Kier alpha value is -1.55. The molecular formula is C12H13ClN2O2. The highest BCUT2D eigenvalue weighted by Gasteiger charge is 2.43. The molecule has 1 fully saturated rings. The first-order valence-corrected chi connectivity index (χ1v) is 5.95. The van der Waals surface area contributed by atoms with Gasteiger partial charge in [-0.05, 0) is 17.9 Å². The molecule has 0 unspecified atom stereocenters. The van der Waals surface area contributed by atoms with Crippen molar-refractivity contribution in [1.29, 1.82) is 0 Å². The number of benzene rings is 1. The number of hydrogen-bond donors (Lipinski definition) is 2. The predicted octanol–water partition coefficient (Wildman–Crippen LogP) is 1.18. The summed E-state index contributed by atoms with van der Waals surface area (Å²) in [6.07, 6.45) is 0.826. The number of rotatable bonds is 3. The molecule has 4 nitrogen and oxygen atoms in total. The molecule has 2 amide bonds. The highest BCUT2D eigenvalue weighted by molar-refractivity contribution is 6.27. The number of amides is 2. The summed E-state index contributed by atoms with van der Waals surface area (Å²) in [7, 11) is 0. The number of carbonyl (C=O) groups is 2. The van der Waals surface area contributed by atoms with Crippen LogP contribution in [0.25, 0.3) is 0 Å². The zero-order valence-corrected chi connectivity index (χ0v) is 9.91. The molecule has 1 aliphatic rings. The van der Waals surface area contributed by atoms with Crippen LogP contribution in [0.3, 0.4) is 0 Å². The Morgan fingerprint density at radius 3 is 2.59 bits per heavy atom. The maximum atomic E-state index is 11.6. The zero-order chi connectivity index (χ0) is 12.3. The van der Waals surface area contributed by atoms with E-state index < -0.39 is 5.91 Å². The van der Waals surface area contributed by atoms with Crippen molar-refractivity contribution in [3.8, 4) is 0 Å². The van der Waals surface area contributed by atoms with Crippen molar-refractivity contribution in [2.75, 3.05) is 5.88 Å². The number of hydrazine groups is 1. The van der Waals surface area contributed by atoms with E-state index >= 15 is 0 Å². The zero-order valence-electron chi connectivity index (χ0n) is 9.15. The molecule has 17 heavy (non-hydrogen) atoms. The average Bonchev–Trinajstić information content (AvgIpc) is 3.17. The van der Waals surface area contributed by atoms with Gasteiger partial charge >= 0.3 is 0 Å². The van der Waals surface area contributed by atoms with Crippen molar-refractivity contribution in [3.63, 3.8) is 0 Å². The fourth-order valence-corrected chi connectivity index (χ4v) is 1.88. The predicted molar refractivity (Wildman–Crippen MR) is 64.3 cm³/mol. The second kappa shape index (κ2) is 5.19. The summed E-state index contributed by atoms with van der Waals surface area (Å²) in [6, 6.07) is 9.88. The first kappa shape index (κ1) is 11.9. The maximum Gasteiger partial charge on any atom is 0.253 e. The molecule has 0 heterocycles. The van der Waals surface area contributed by atoms with Crippen LogP contribution in [0, 0.1) is 5.92 Å². The molecule has 0 radical (unpaired) electrons. The molecule has 1 aromatic rings. The minimum atomic E-state index is -0.406. The normalized spacial score (nSPS) is 21.7. The van der Waals surface area contributed by atoms with E-state index in [2.05, 4.69) is 10.9 Å². The van der Waals surface area contributed by atoms with Crippen molar-refractivity contribution in [2.24, 2.45) is 5.92 Å². The third-order valence-corrected chi connectivity index (χ3v) is 3.04. The first-order valence-electron chi connectivity index (χ1n) is 5.42. The van der Waals surface area contributed by atoms with Gasteiger partial charge in [0.05, 0.1) is 0 Å². The lowest BCUT2D eigenvalue weighted by Crippen LogP contribution is -2.43. The molecule has 1 aliphatic carbocycles. The molecular weight excluding hydrogens is 240 g/mol. The standard InChI is InChI=1S/C12H13ClN2O2/c13-7-11(16)14-15-12(17)10-6-9(10)8-4-2-1-3-5-8/h1-5,9-10H,6-7H2,(H,14,16)(H,15,17)/t9-,10+/m1/s1. The minimum Gasteiger partial charge on any atom is -0.273 e. The molecule has 2 N–H and O–H groups in total. The van der Waals surface area contributed by atoms with Gasteiger partial charge in [0, 0.05) is 5.92 Å². The Kier molecular flexibility index (Phi) is 3.64. The number of carbonyl (C=O) groups excluding carboxylic acids is 2. The lowest BCUT2D eigenvalue weighted by atomic mass is 10.1. The molecule has 0 aliphatic heterocycles. The van der Waals surface area contributed by atoms with Gasteiger partial charge in [-0.25, -0.2) is 0 Å². The number of hydrogen-bond acceptors (Lipinski definition) is 2. The lowest BCUT2D eigenvalue weighted by Gasteiger charge is -2.05. The molecule has 2 atom stereocenters. The van der Waals surface area contributed by atoms with Crippen LogP contribution >= 0.6 is 11.6 Å². The van der Waals surface area contributed by atoms with E-state index in [0.29, 0.717) is 0 Å². The maximum absolute atomic E-state index is 11.6. The second-order valence-corrected chi connectivity index (χ2v) is 4.30. The van der Waals surface area contributed by atoms with E-state index in [1.54, 1.807) is 0 Å². The molecule has 0 saturated heterocycles. The van der Waals surface area contributed by atoms with Crippen LogP contribution in [0.5, 0.6) is 0 Å². The van der Waals surface area contributed by atoms with E-state index in [0.717, 1.165) is 12.0 Å². The number of halogens is 1. The molecule has 0 spiro atoms. The molecule has 1 aromatic carbocycles. The summed E-state index contributed by atoms with van der Waals surface area (Å²) in [4.78, 5) is 22.5. The summed E-state index contributed by atoms with van der Waals surface area (Å²) in [5, 5.41) is 0. The Bertz CT molecular complexity index is 422. The van der Waals surface area contributed by atoms with Crippen LogP contribution < -0.4 is 10.9 Å². The summed E-state index contributed by atoms with van der Waals surface area (Å²) in [6.45, 7) is 0. The number of nitrogens with one attached hydrogen (secondary N) is 2. The monoisotopic (exact) mass is 252 g/mol. The summed E-state index contributed by atoms with van der Waals surface area (Å²) >= 11 is 5.29. The molecule has 1 saturated carbocycles. The van der Waals surface area contributed by atoms with Crippen LogP contribution in [0.15, 0.2) is 30.3 Å². The Morgan fingerprint density at radius 2 is 1.94 bits per heavy atom. The molecule has 2 rings (SSSR count). The van der Waals surface area contributed by atoms with Gasteiger partial charge in [-0.3, -0.25) is 20.4 Å². The van der Waals surface area contributed by atoms with Gasteiger partial charge < -0.3 is 0 Å². The van der Waals surface area contributed by atoms with Crippen molar-refractivity contribution in [3.05, 3.63) is 35.9 Å². The van der Waals surface area contributed by atoms with Crippen LogP contribution in [-0.2, 0) is 9.59 Å². The molecule has 90 valence electrons. The fraction of sp³-hybridized carbons (Fsp3) is 0.333. The topological polar surface area (TPSA) is 58.2 Å². The Labute approximate surface area is 104 Å². The third kappa shape index (κ3) is 2.97. The van der Waals surface area contributed by atoms with Crippen molar-refractivity contribution >= 4 is 23.4 Å². The van der Waals surface area contributed by atoms with Gasteiger partial charge in [0.1, 0.15) is 5.88 Å². The van der Waals surface area contributed by atoms with Crippen molar-refractivity contribution in [2.45, 2.75) is 12.3 Å². The fourth-order valence-electron chi connectivity index (χ4n) is 1.81. The molecule has 0 aromatic heterocycles. The summed E-state index contributed by atoms with van der Waals surface area (Å²) in [5.74, 6) is -0.501. The largest absolute Gasteiger partial charge is 0.273 e. The van der Waals surface area contributed by atoms with Gasteiger partial charge in [0.15, 0.2) is 0 Å². The van der Waals surface area contributed by atoms with Gasteiger partial charge in [-0.1, -0.05) is 30.3 Å². The van der Waals surface area contributed by atoms with E-state index in [1.165, 1.54) is 0 Å². The van der Waals surface area contributed by atoms with Crippen LogP contribution in [0.2, 0.25) is 0 Å². The van der Waals surface area contributed by atoms with E-state index in [9.17, 15) is 9.59 Å². The van der Waals surface area contributed by atoms with E-state index in [4.69, 9.17) is 11.6 Å². The lowest BCUT2D eigenvalue weighted by molar-refractivity contribution is -0.128. The van der Waals surface area contributed by atoms with E-state index in [1.807, 2.05) is 30.3 Å². The SMILES string of the molecule is O=C(CCl)NNC(=O)[C@H]1C[C@@H]1c1ccccc1.